The SMILES string of the molecule is COc1cc(OC)cc(-c2cc(C=Cc3ccc(Cl)c([N+](=O)[O-])c3)c(C#N)c3nc4ccccc4n23)c1. The van der Waals surface area contributed by atoms with Gasteiger partial charge in [-0.2, -0.15) is 5.26 Å². The van der Waals surface area contributed by atoms with E-state index in [0.717, 1.165) is 22.3 Å². The van der Waals surface area contributed by atoms with Crippen molar-refractivity contribution in [1.29, 1.82) is 5.26 Å². The third kappa shape index (κ3) is 4.33. The van der Waals surface area contributed by atoms with E-state index in [2.05, 4.69) is 6.07 Å². The molecule has 5 rings (SSSR count). The third-order valence-electron chi connectivity index (χ3n) is 5.99. The van der Waals surface area contributed by atoms with Crippen molar-refractivity contribution in [3.8, 4) is 28.8 Å². The molecule has 3 aromatic carbocycles. The third-order valence-corrected chi connectivity index (χ3v) is 6.31. The Morgan fingerprint density at radius 2 is 1.76 bits per heavy atom. The molecular formula is C28H19ClN4O4. The summed E-state index contributed by atoms with van der Waals surface area (Å²) in [6.07, 6.45) is 3.44. The van der Waals surface area contributed by atoms with Crippen LogP contribution >= 0.6 is 11.6 Å². The number of hydrogen-bond acceptors (Lipinski definition) is 6. The fourth-order valence-electron chi connectivity index (χ4n) is 4.22. The fourth-order valence-corrected chi connectivity index (χ4v) is 4.41. The van der Waals surface area contributed by atoms with Gasteiger partial charge >= 0.3 is 0 Å². The minimum Gasteiger partial charge on any atom is -0.497 e. The molecule has 0 aliphatic heterocycles. The monoisotopic (exact) mass is 510 g/mol. The molecule has 2 aromatic heterocycles. The Labute approximate surface area is 216 Å². The molecule has 5 aromatic rings. The van der Waals surface area contributed by atoms with Crippen LogP contribution in [0, 0.1) is 21.4 Å². The summed E-state index contributed by atoms with van der Waals surface area (Å²) < 4.78 is 12.9. The van der Waals surface area contributed by atoms with Crippen molar-refractivity contribution in [2.75, 3.05) is 14.2 Å². The summed E-state index contributed by atoms with van der Waals surface area (Å²) in [4.78, 5) is 15.5. The van der Waals surface area contributed by atoms with E-state index < -0.39 is 4.92 Å². The summed E-state index contributed by atoms with van der Waals surface area (Å²) in [6, 6.07) is 21.9. The van der Waals surface area contributed by atoms with Crippen molar-refractivity contribution in [2.24, 2.45) is 0 Å². The molecule has 0 aliphatic rings. The number of nitrogens with zero attached hydrogens (tertiary/aromatic N) is 4. The van der Waals surface area contributed by atoms with Crippen LogP contribution in [0.2, 0.25) is 5.02 Å². The molecule has 0 radical (unpaired) electrons. The molecule has 0 aliphatic carbocycles. The van der Waals surface area contributed by atoms with Crippen LogP contribution in [0.3, 0.4) is 0 Å². The van der Waals surface area contributed by atoms with Crippen molar-refractivity contribution >= 4 is 46.1 Å². The zero-order chi connectivity index (χ0) is 26.1. The van der Waals surface area contributed by atoms with Gasteiger partial charge in [0, 0.05) is 17.7 Å². The van der Waals surface area contributed by atoms with E-state index >= 15 is 0 Å². The molecule has 0 unspecified atom stereocenters. The van der Waals surface area contributed by atoms with Gasteiger partial charge in [-0.1, -0.05) is 42.0 Å². The highest BCUT2D eigenvalue weighted by Crippen LogP contribution is 2.35. The number of imidazole rings is 1. The number of pyridine rings is 1. The van der Waals surface area contributed by atoms with Gasteiger partial charge in [0.05, 0.1) is 35.9 Å². The maximum atomic E-state index is 11.3. The lowest BCUT2D eigenvalue weighted by atomic mass is 10.0. The Morgan fingerprint density at radius 1 is 1.03 bits per heavy atom. The van der Waals surface area contributed by atoms with Crippen LogP contribution in [0.4, 0.5) is 5.69 Å². The first-order valence-corrected chi connectivity index (χ1v) is 11.5. The largest absolute Gasteiger partial charge is 0.497 e. The summed E-state index contributed by atoms with van der Waals surface area (Å²) in [7, 11) is 3.16. The number of aromatic nitrogens is 2. The lowest BCUT2D eigenvalue weighted by Gasteiger charge is -2.13. The summed E-state index contributed by atoms with van der Waals surface area (Å²) in [5, 5.41) is 21.5. The molecule has 0 bridgehead atoms. The van der Waals surface area contributed by atoms with Crippen molar-refractivity contribution in [2.45, 2.75) is 0 Å². The van der Waals surface area contributed by atoms with Gasteiger partial charge < -0.3 is 9.47 Å². The number of hydrogen-bond donors (Lipinski definition) is 0. The fraction of sp³-hybridized carbons (Fsp3) is 0.0714. The van der Waals surface area contributed by atoms with Crippen LogP contribution in [-0.2, 0) is 0 Å². The summed E-state index contributed by atoms with van der Waals surface area (Å²) in [5.41, 5.74) is 4.98. The lowest BCUT2D eigenvalue weighted by Crippen LogP contribution is -1.99. The predicted molar refractivity (Wildman–Crippen MR) is 143 cm³/mol. The highest BCUT2D eigenvalue weighted by atomic mass is 35.5. The minimum atomic E-state index is -0.531. The highest BCUT2D eigenvalue weighted by molar-refractivity contribution is 6.32. The number of methoxy groups -OCH3 is 2. The summed E-state index contributed by atoms with van der Waals surface area (Å²) >= 11 is 5.96. The molecule has 0 saturated heterocycles. The molecular weight excluding hydrogens is 492 g/mol. The second-order valence-corrected chi connectivity index (χ2v) is 8.54. The molecule has 0 saturated carbocycles. The molecule has 8 nitrogen and oxygen atoms in total. The molecule has 0 fully saturated rings. The van der Waals surface area contributed by atoms with Crippen LogP contribution in [0.25, 0.3) is 40.1 Å². The number of rotatable bonds is 6. The van der Waals surface area contributed by atoms with E-state index in [-0.39, 0.29) is 10.7 Å². The normalized spacial score (nSPS) is 11.2. The quantitative estimate of drug-likeness (QED) is 0.184. The zero-order valence-electron chi connectivity index (χ0n) is 19.8. The van der Waals surface area contributed by atoms with Crippen molar-refractivity contribution in [3.05, 3.63) is 98.6 Å². The molecule has 182 valence electrons. The van der Waals surface area contributed by atoms with E-state index in [0.29, 0.717) is 33.8 Å². The Hall–Kier alpha value is -4.87. The molecule has 0 N–H and O–H groups in total. The molecule has 0 atom stereocenters. The Balaban J connectivity index is 1.79. The maximum Gasteiger partial charge on any atom is 0.288 e. The Morgan fingerprint density at radius 3 is 2.43 bits per heavy atom. The molecule has 2 heterocycles. The van der Waals surface area contributed by atoms with Crippen LogP contribution < -0.4 is 9.47 Å². The molecule has 0 spiro atoms. The first kappa shape index (κ1) is 23.9. The van der Waals surface area contributed by atoms with Crippen molar-refractivity contribution in [1.82, 2.24) is 9.38 Å². The van der Waals surface area contributed by atoms with Crippen LogP contribution in [0.1, 0.15) is 16.7 Å². The molecule has 9 heteroatoms. The van der Waals surface area contributed by atoms with Crippen molar-refractivity contribution < 1.29 is 14.4 Å². The van der Waals surface area contributed by atoms with Gasteiger partial charge in [0.25, 0.3) is 5.69 Å². The van der Waals surface area contributed by atoms with Gasteiger partial charge in [-0.3, -0.25) is 14.5 Å². The second kappa shape index (κ2) is 9.64. The smallest absolute Gasteiger partial charge is 0.288 e. The maximum absolute atomic E-state index is 11.3. The van der Waals surface area contributed by atoms with E-state index in [1.807, 2.05) is 46.9 Å². The number of halogens is 1. The van der Waals surface area contributed by atoms with Crippen LogP contribution in [-0.4, -0.2) is 28.5 Å². The summed E-state index contributed by atoms with van der Waals surface area (Å²) in [6.45, 7) is 0. The Bertz CT molecular complexity index is 1750. The zero-order valence-corrected chi connectivity index (χ0v) is 20.6. The van der Waals surface area contributed by atoms with Gasteiger partial charge in [-0.25, -0.2) is 4.98 Å². The van der Waals surface area contributed by atoms with E-state index in [1.165, 1.54) is 12.1 Å². The van der Waals surface area contributed by atoms with E-state index in [4.69, 9.17) is 26.1 Å². The number of ether oxygens (including phenoxy) is 2. The topological polar surface area (TPSA) is 103 Å². The molecule has 37 heavy (non-hydrogen) atoms. The van der Waals surface area contributed by atoms with Gasteiger partial charge in [-0.05, 0) is 47.5 Å². The predicted octanol–water partition coefficient (Wildman–Crippen LogP) is 6.78. The van der Waals surface area contributed by atoms with Gasteiger partial charge in [0.1, 0.15) is 28.2 Å². The average Bonchev–Trinajstić information content (AvgIpc) is 3.30. The number of nitriles is 1. The van der Waals surface area contributed by atoms with Gasteiger partial charge in [0.15, 0.2) is 5.65 Å². The Kier molecular flexibility index (Phi) is 6.22. The lowest BCUT2D eigenvalue weighted by molar-refractivity contribution is -0.384. The van der Waals surface area contributed by atoms with Gasteiger partial charge in [0.2, 0.25) is 0 Å². The number of benzene rings is 3. The van der Waals surface area contributed by atoms with Crippen LogP contribution in [0.15, 0.2) is 66.7 Å². The van der Waals surface area contributed by atoms with E-state index in [9.17, 15) is 15.4 Å². The first-order valence-electron chi connectivity index (χ1n) is 11.1. The second-order valence-electron chi connectivity index (χ2n) is 8.13. The number of nitro groups is 1. The minimum absolute atomic E-state index is 0.0552. The highest BCUT2D eigenvalue weighted by Gasteiger charge is 2.18. The van der Waals surface area contributed by atoms with Crippen molar-refractivity contribution in [3.63, 3.8) is 0 Å². The number of para-hydroxylation sites is 2. The van der Waals surface area contributed by atoms with Crippen LogP contribution in [0.5, 0.6) is 11.5 Å². The summed E-state index contributed by atoms with van der Waals surface area (Å²) in [5.74, 6) is 1.23. The standard InChI is InChI=1S/C28H19ClN4O4/c1-36-20-12-19(13-21(15-20)37-2)26-14-18(9-7-17-8-10-23(29)27(11-17)33(34)35)22(16-30)28-31-24-5-3-4-6-25(24)32(26)28/h3-15H,1-2H3. The number of fused-ring (bicyclic) bond motifs is 3. The number of nitro benzene ring substituents is 1. The van der Waals surface area contributed by atoms with E-state index in [1.54, 1.807) is 38.5 Å². The average molecular weight is 511 g/mol. The first-order chi connectivity index (χ1) is 17.9. The molecule has 0 amide bonds. The van der Waals surface area contributed by atoms with Gasteiger partial charge in [-0.15, -0.1) is 0 Å².